The van der Waals surface area contributed by atoms with Crippen LogP contribution >= 0.6 is 0 Å². The zero-order chi connectivity index (χ0) is 42.9. The molecule has 3 amide bonds. The van der Waals surface area contributed by atoms with Gasteiger partial charge in [-0.1, -0.05) is 11.2 Å². The van der Waals surface area contributed by atoms with Gasteiger partial charge in [-0.15, -0.1) is 0 Å². The Balaban J connectivity index is 0.783. The Kier molecular flexibility index (Phi) is 9.98. The third-order valence-electron chi connectivity index (χ3n) is 13.5. The Morgan fingerprint density at radius 3 is 2.60 bits per heavy atom. The van der Waals surface area contributed by atoms with E-state index in [4.69, 9.17) is 19.1 Å². The molecule has 2 aromatic heterocycles. The topological polar surface area (TPSA) is 190 Å². The summed E-state index contributed by atoms with van der Waals surface area (Å²) in [5, 5.41) is 14.4. The highest BCUT2D eigenvalue weighted by Gasteiger charge is 2.47. The summed E-state index contributed by atoms with van der Waals surface area (Å²) in [6.45, 7) is 7.20. The maximum absolute atomic E-state index is 14.3. The van der Waals surface area contributed by atoms with Crippen molar-refractivity contribution in [1.82, 2.24) is 24.7 Å². The molecule has 5 aliphatic heterocycles. The number of rotatable bonds is 11. The third kappa shape index (κ3) is 7.03. The number of fused-ring (bicyclic) bond motifs is 2. The number of methoxy groups -OCH3 is 2. The van der Waals surface area contributed by atoms with E-state index < -0.39 is 27.9 Å². The van der Waals surface area contributed by atoms with Gasteiger partial charge in [-0.2, -0.15) is 5.10 Å². The molecule has 3 atom stereocenters. The third-order valence-corrected chi connectivity index (χ3v) is 14.5. The van der Waals surface area contributed by atoms with E-state index >= 15 is 0 Å². The van der Waals surface area contributed by atoms with Crippen molar-refractivity contribution in [3.63, 3.8) is 0 Å². The number of imide groups is 1. The van der Waals surface area contributed by atoms with Crippen molar-refractivity contribution in [3.05, 3.63) is 83.7 Å². The van der Waals surface area contributed by atoms with Crippen LogP contribution in [0.1, 0.15) is 53.6 Å². The number of carbonyl (C=O) groups is 3. The number of benzene rings is 3. The van der Waals surface area contributed by atoms with Crippen LogP contribution in [0.2, 0.25) is 0 Å². The standard InChI is InChI=1S/C44H49N9O8S/c1-59-35-19-29(24-51-15-4-14-46-51)20-36-39(35)41(47-61-36)53-38(54)10-9-34(43(53)56)52-25-30-21-31(7-8-32(30)42(52)55)49-16-11-28(23-49)22-48-17-12-44(26-48)13-18-50(27-44)33-5-3-6-37(40(33)60-2)62(45,57)58/h3-8,14-15,19-21,28,34H,9-13,16-18,22-27H2,1-2H3,(H2,45,57,58)/t28-,34-,44?/m0/s1. The Morgan fingerprint density at radius 2 is 1.81 bits per heavy atom. The minimum atomic E-state index is -3.93. The van der Waals surface area contributed by atoms with Gasteiger partial charge < -0.3 is 33.6 Å². The van der Waals surface area contributed by atoms with Gasteiger partial charge in [0.1, 0.15) is 22.1 Å². The maximum atomic E-state index is 14.3. The Morgan fingerprint density at radius 1 is 0.952 bits per heavy atom. The molecule has 5 aliphatic rings. The number of primary sulfonamides is 1. The van der Waals surface area contributed by atoms with Crippen molar-refractivity contribution in [2.24, 2.45) is 16.5 Å². The van der Waals surface area contributed by atoms with E-state index in [1.54, 1.807) is 27.9 Å². The second-order valence-corrected chi connectivity index (χ2v) is 18.9. The number of sulfonamides is 1. The summed E-state index contributed by atoms with van der Waals surface area (Å²) < 4.78 is 43.2. The zero-order valence-electron chi connectivity index (χ0n) is 34.7. The van der Waals surface area contributed by atoms with Crippen molar-refractivity contribution >= 4 is 55.9 Å². The summed E-state index contributed by atoms with van der Waals surface area (Å²) in [6.07, 6.45) is 6.97. The van der Waals surface area contributed by atoms with E-state index in [-0.39, 0.29) is 41.4 Å². The molecule has 1 unspecified atom stereocenters. The zero-order valence-corrected chi connectivity index (χ0v) is 35.6. The van der Waals surface area contributed by atoms with Gasteiger partial charge in [-0.25, -0.2) is 18.5 Å². The summed E-state index contributed by atoms with van der Waals surface area (Å²) in [6, 6.07) is 15.7. The molecule has 0 bridgehead atoms. The average Bonchev–Trinajstić information content (AvgIpc) is 4.14. The lowest BCUT2D eigenvalue weighted by Crippen LogP contribution is -2.55. The number of carbonyl (C=O) groups excluding carboxylic acids is 3. The molecule has 0 aliphatic carbocycles. The predicted molar refractivity (Wildman–Crippen MR) is 229 cm³/mol. The minimum Gasteiger partial charge on any atom is -0.496 e. The minimum absolute atomic E-state index is 0.00452. The van der Waals surface area contributed by atoms with E-state index in [0.29, 0.717) is 40.5 Å². The van der Waals surface area contributed by atoms with Gasteiger partial charge in [-0.3, -0.25) is 19.1 Å². The lowest BCUT2D eigenvalue weighted by Gasteiger charge is -2.34. The summed E-state index contributed by atoms with van der Waals surface area (Å²) >= 11 is 0. The molecule has 324 valence electrons. The lowest BCUT2D eigenvalue weighted by atomic mass is 9.86. The Hall–Kier alpha value is -5.98. The van der Waals surface area contributed by atoms with Crippen LogP contribution in [0.3, 0.4) is 0 Å². The number of aromatic nitrogens is 3. The number of likely N-dealkylation sites (tertiary alicyclic amines) is 1. The van der Waals surface area contributed by atoms with Crippen LogP contribution in [0.5, 0.6) is 11.5 Å². The predicted octanol–water partition coefficient (Wildman–Crippen LogP) is 3.84. The van der Waals surface area contributed by atoms with Crippen LogP contribution in [0.25, 0.3) is 11.0 Å². The van der Waals surface area contributed by atoms with E-state index in [1.807, 2.05) is 36.5 Å². The number of nitrogens with zero attached hydrogens (tertiary/aromatic N) is 8. The molecular weight excluding hydrogens is 815 g/mol. The first-order chi connectivity index (χ1) is 29.9. The molecule has 10 rings (SSSR count). The number of nitrogens with two attached hydrogens (primary N) is 1. The number of hydrogen-bond acceptors (Lipinski definition) is 13. The number of piperidine rings is 1. The van der Waals surface area contributed by atoms with Crippen molar-refractivity contribution in [2.45, 2.75) is 56.1 Å². The van der Waals surface area contributed by atoms with Gasteiger partial charge in [0, 0.05) is 81.3 Å². The van der Waals surface area contributed by atoms with Crippen molar-refractivity contribution in [1.29, 1.82) is 0 Å². The fraction of sp³-hybridized carbons (Fsp3) is 0.432. The summed E-state index contributed by atoms with van der Waals surface area (Å²) in [7, 11) is -0.931. The van der Waals surface area contributed by atoms with Crippen molar-refractivity contribution in [3.8, 4) is 11.5 Å². The lowest BCUT2D eigenvalue weighted by molar-refractivity contribution is -0.132. The molecule has 4 saturated heterocycles. The second kappa shape index (κ2) is 15.4. The normalized spacial score (nSPS) is 23.2. The molecule has 5 aromatic rings. The van der Waals surface area contributed by atoms with Crippen LogP contribution in [-0.2, 0) is 32.7 Å². The van der Waals surface area contributed by atoms with Gasteiger partial charge in [0.2, 0.25) is 15.9 Å². The first-order valence-corrected chi connectivity index (χ1v) is 22.6. The highest BCUT2D eigenvalue weighted by molar-refractivity contribution is 7.89. The fourth-order valence-corrected chi connectivity index (χ4v) is 11.3. The second-order valence-electron chi connectivity index (χ2n) is 17.4. The van der Waals surface area contributed by atoms with E-state index in [1.165, 1.54) is 20.3 Å². The highest BCUT2D eigenvalue weighted by Crippen LogP contribution is 2.45. The fourth-order valence-electron chi connectivity index (χ4n) is 10.5. The van der Waals surface area contributed by atoms with Crippen LogP contribution in [-0.4, -0.2) is 117 Å². The Bertz CT molecular complexity index is 2700. The molecule has 1 spiro atoms. The maximum Gasteiger partial charge on any atom is 0.257 e. The number of amides is 3. The molecule has 18 heteroatoms. The van der Waals surface area contributed by atoms with Gasteiger partial charge in [0.05, 0.1) is 26.5 Å². The van der Waals surface area contributed by atoms with Gasteiger partial charge in [-0.05, 0) is 97.8 Å². The molecular formula is C44H49N9O8S. The molecule has 2 N–H and O–H groups in total. The first kappa shape index (κ1) is 40.1. The summed E-state index contributed by atoms with van der Waals surface area (Å²) in [4.78, 5) is 51.5. The average molecular weight is 864 g/mol. The van der Waals surface area contributed by atoms with Crippen molar-refractivity contribution in [2.75, 3.05) is 74.7 Å². The quantitative estimate of drug-likeness (QED) is 0.189. The molecule has 3 aromatic carbocycles. The van der Waals surface area contributed by atoms with E-state index in [2.05, 4.69) is 31.0 Å². The first-order valence-electron chi connectivity index (χ1n) is 21.1. The molecule has 4 fully saturated rings. The highest BCUT2D eigenvalue weighted by atomic mass is 32.2. The smallest absolute Gasteiger partial charge is 0.257 e. The van der Waals surface area contributed by atoms with Gasteiger partial charge in [0.25, 0.3) is 11.8 Å². The number of para-hydroxylation sites is 1. The summed E-state index contributed by atoms with van der Waals surface area (Å²) in [5.74, 6) is 0.0867. The molecule has 0 saturated carbocycles. The number of hydrogen-bond donors (Lipinski definition) is 1. The van der Waals surface area contributed by atoms with E-state index in [9.17, 15) is 22.8 Å². The molecule has 0 radical (unpaired) electrons. The van der Waals surface area contributed by atoms with Crippen LogP contribution in [0, 0.1) is 11.3 Å². The van der Waals surface area contributed by atoms with E-state index in [0.717, 1.165) is 92.5 Å². The molecule has 62 heavy (non-hydrogen) atoms. The van der Waals surface area contributed by atoms with Crippen LogP contribution < -0.4 is 29.3 Å². The van der Waals surface area contributed by atoms with Gasteiger partial charge >= 0.3 is 0 Å². The largest absolute Gasteiger partial charge is 0.496 e. The van der Waals surface area contributed by atoms with Crippen LogP contribution in [0.15, 0.2) is 76.4 Å². The summed E-state index contributed by atoms with van der Waals surface area (Å²) in [5.41, 5.74) is 4.59. The Labute approximate surface area is 358 Å². The molecule has 17 nitrogen and oxygen atoms in total. The van der Waals surface area contributed by atoms with Crippen LogP contribution in [0.4, 0.5) is 17.2 Å². The molecule has 7 heterocycles. The number of ether oxygens (including phenoxy) is 2. The van der Waals surface area contributed by atoms with Crippen molar-refractivity contribution < 1.29 is 36.8 Å². The SMILES string of the molecule is COc1c(N2CCC3(CCN(C[C@@H]4CCN(c5ccc6c(c5)CN([C@H]5CCC(=O)N(c7noc8cc(Cn9cccn9)cc(OC)c78)C5=O)C6=O)C4)C3)C2)cccc1S(N)(=O)=O. The van der Waals surface area contributed by atoms with Gasteiger partial charge in [0.15, 0.2) is 17.2 Å². The number of anilines is 3. The monoisotopic (exact) mass is 863 g/mol.